The first-order valence-corrected chi connectivity index (χ1v) is 5.15. The van der Waals surface area contributed by atoms with Crippen LogP contribution in [-0.4, -0.2) is 5.78 Å². The maximum Gasteiger partial charge on any atom is 0.139 e. The summed E-state index contributed by atoms with van der Waals surface area (Å²) in [6.45, 7) is 4.29. The van der Waals surface area contributed by atoms with Crippen molar-refractivity contribution in [3.05, 3.63) is 0 Å². The normalized spacial score (nSPS) is 39.7. The molecule has 1 heteroatoms. The Bertz CT molecular complexity index is 205. The fourth-order valence-electron chi connectivity index (χ4n) is 3.11. The molecule has 2 aliphatic carbocycles. The van der Waals surface area contributed by atoms with Crippen molar-refractivity contribution < 1.29 is 4.79 Å². The largest absolute Gasteiger partial charge is 0.299 e. The molecular weight excluding hydrogens is 148 g/mol. The predicted octanol–water partition coefficient (Wildman–Crippen LogP) is 2.79. The lowest BCUT2D eigenvalue weighted by Gasteiger charge is -2.32. The molecule has 2 atom stereocenters. The molecule has 0 heterocycles. The maximum atomic E-state index is 11.7. The molecule has 2 fully saturated rings. The Morgan fingerprint density at radius 2 is 1.92 bits per heavy atom. The Morgan fingerprint density at radius 3 is 2.58 bits per heavy atom. The number of fused-ring (bicyclic) bond motifs is 1. The standard InChI is InChI=1S/C11H18O/c1-11(2)9-6-4-3-5-8(9)7-10(11)12/h8-9H,3-7H2,1-2H3/t8-,9-/m1/s1. The zero-order valence-electron chi connectivity index (χ0n) is 8.10. The van der Waals surface area contributed by atoms with Gasteiger partial charge in [0.15, 0.2) is 0 Å². The number of Topliss-reactive ketones (excluding diaryl/α,β-unsaturated/α-hetero) is 1. The topological polar surface area (TPSA) is 17.1 Å². The monoisotopic (exact) mass is 166 g/mol. The summed E-state index contributed by atoms with van der Waals surface area (Å²) in [7, 11) is 0. The second kappa shape index (κ2) is 2.58. The summed E-state index contributed by atoms with van der Waals surface area (Å²) in [5.41, 5.74) is 0.00505. The minimum atomic E-state index is 0.00505. The van der Waals surface area contributed by atoms with E-state index in [1.54, 1.807) is 0 Å². The molecule has 0 aromatic rings. The number of carbonyl (C=O) groups excluding carboxylic acids is 1. The molecular formula is C11H18O. The zero-order valence-corrected chi connectivity index (χ0v) is 8.10. The SMILES string of the molecule is CC1(C)C(=O)C[C@H]2CCCC[C@H]21. The Hall–Kier alpha value is -0.330. The van der Waals surface area contributed by atoms with Crippen LogP contribution in [0.3, 0.4) is 0 Å². The number of hydrogen-bond donors (Lipinski definition) is 0. The first kappa shape index (κ1) is 8.28. The van der Waals surface area contributed by atoms with E-state index in [0.29, 0.717) is 11.7 Å². The van der Waals surface area contributed by atoms with Crippen LogP contribution < -0.4 is 0 Å². The van der Waals surface area contributed by atoms with Gasteiger partial charge < -0.3 is 0 Å². The van der Waals surface area contributed by atoms with Gasteiger partial charge in [0.1, 0.15) is 5.78 Å². The van der Waals surface area contributed by atoms with Gasteiger partial charge in [0, 0.05) is 11.8 Å². The first-order chi connectivity index (χ1) is 5.62. The maximum absolute atomic E-state index is 11.7. The van der Waals surface area contributed by atoms with Crippen molar-refractivity contribution in [2.24, 2.45) is 17.3 Å². The third kappa shape index (κ3) is 1.02. The van der Waals surface area contributed by atoms with Gasteiger partial charge in [-0.05, 0) is 24.7 Å². The Kier molecular flexibility index (Phi) is 1.78. The van der Waals surface area contributed by atoms with Crippen LogP contribution in [0.15, 0.2) is 0 Å². The van der Waals surface area contributed by atoms with Gasteiger partial charge in [0.25, 0.3) is 0 Å². The zero-order chi connectivity index (χ0) is 8.77. The molecule has 12 heavy (non-hydrogen) atoms. The van der Waals surface area contributed by atoms with Crippen LogP contribution in [0.1, 0.15) is 46.0 Å². The fourth-order valence-corrected chi connectivity index (χ4v) is 3.11. The highest BCUT2D eigenvalue weighted by atomic mass is 16.1. The molecule has 0 bridgehead atoms. The third-order valence-corrected chi connectivity index (χ3v) is 4.00. The van der Waals surface area contributed by atoms with Gasteiger partial charge in [0.05, 0.1) is 0 Å². The first-order valence-electron chi connectivity index (χ1n) is 5.15. The van der Waals surface area contributed by atoms with Gasteiger partial charge in [-0.2, -0.15) is 0 Å². The molecule has 0 aliphatic heterocycles. The minimum Gasteiger partial charge on any atom is -0.299 e. The Balaban J connectivity index is 2.22. The van der Waals surface area contributed by atoms with Crippen molar-refractivity contribution in [1.82, 2.24) is 0 Å². The second-order valence-corrected chi connectivity index (χ2v) is 5.00. The quantitative estimate of drug-likeness (QED) is 0.541. The highest BCUT2D eigenvalue weighted by Gasteiger charge is 2.48. The molecule has 2 rings (SSSR count). The van der Waals surface area contributed by atoms with E-state index in [4.69, 9.17) is 0 Å². The van der Waals surface area contributed by atoms with Crippen molar-refractivity contribution in [1.29, 1.82) is 0 Å². The van der Waals surface area contributed by atoms with Crippen LogP contribution in [0, 0.1) is 17.3 Å². The summed E-state index contributed by atoms with van der Waals surface area (Å²) in [6, 6.07) is 0. The molecule has 2 saturated carbocycles. The third-order valence-electron chi connectivity index (χ3n) is 4.00. The smallest absolute Gasteiger partial charge is 0.139 e. The van der Waals surface area contributed by atoms with Gasteiger partial charge in [-0.3, -0.25) is 4.79 Å². The Labute approximate surface area is 74.5 Å². The molecule has 68 valence electrons. The van der Waals surface area contributed by atoms with E-state index in [-0.39, 0.29) is 5.41 Å². The molecule has 1 nitrogen and oxygen atoms in total. The van der Waals surface area contributed by atoms with Gasteiger partial charge in [0.2, 0.25) is 0 Å². The van der Waals surface area contributed by atoms with Crippen LogP contribution in [0.25, 0.3) is 0 Å². The van der Waals surface area contributed by atoms with Crippen molar-refractivity contribution in [2.45, 2.75) is 46.0 Å². The minimum absolute atomic E-state index is 0.00505. The molecule has 0 unspecified atom stereocenters. The van der Waals surface area contributed by atoms with Gasteiger partial charge in [-0.25, -0.2) is 0 Å². The van der Waals surface area contributed by atoms with Crippen LogP contribution in [0.4, 0.5) is 0 Å². The van der Waals surface area contributed by atoms with E-state index in [9.17, 15) is 4.79 Å². The van der Waals surface area contributed by atoms with E-state index in [1.165, 1.54) is 25.7 Å². The summed E-state index contributed by atoms with van der Waals surface area (Å²) in [5, 5.41) is 0. The fraction of sp³-hybridized carbons (Fsp3) is 0.909. The number of ketones is 1. The lowest BCUT2D eigenvalue weighted by Crippen LogP contribution is -2.28. The van der Waals surface area contributed by atoms with E-state index in [0.717, 1.165) is 12.3 Å². The average Bonchev–Trinajstić information content (AvgIpc) is 2.25. The van der Waals surface area contributed by atoms with Crippen LogP contribution >= 0.6 is 0 Å². The number of carbonyl (C=O) groups is 1. The molecule has 0 N–H and O–H groups in total. The molecule has 0 saturated heterocycles. The summed E-state index contributed by atoms with van der Waals surface area (Å²) in [4.78, 5) is 11.7. The van der Waals surface area contributed by atoms with Crippen LogP contribution in [0.2, 0.25) is 0 Å². The predicted molar refractivity (Wildman–Crippen MR) is 48.9 cm³/mol. The molecule has 0 spiro atoms. The van der Waals surface area contributed by atoms with Crippen LogP contribution in [0.5, 0.6) is 0 Å². The average molecular weight is 166 g/mol. The summed E-state index contributed by atoms with van der Waals surface area (Å²) < 4.78 is 0. The van der Waals surface area contributed by atoms with E-state index < -0.39 is 0 Å². The van der Waals surface area contributed by atoms with E-state index in [2.05, 4.69) is 13.8 Å². The van der Waals surface area contributed by atoms with Gasteiger partial charge in [-0.15, -0.1) is 0 Å². The van der Waals surface area contributed by atoms with E-state index in [1.807, 2.05) is 0 Å². The Morgan fingerprint density at radius 1 is 1.25 bits per heavy atom. The number of rotatable bonds is 0. The highest BCUT2D eigenvalue weighted by molar-refractivity contribution is 5.87. The molecule has 2 aliphatic rings. The van der Waals surface area contributed by atoms with Crippen molar-refractivity contribution in [3.63, 3.8) is 0 Å². The van der Waals surface area contributed by atoms with E-state index >= 15 is 0 Å². The number of hydrogen-bond acceptors (Lipinski definition) is 1. The van der Waals surface area contributed by atoms with Crippen molar-refractivity contribution in [3.8, 4) is 0 Å². The summed E-state index contributed by atoms with van der Waals surface area (Å²) >= 11 is 0. The molecule has 0 radical (unpaired) electrons. The lowest BCUT2D eigenvalue weighted by atomic mass is 9.71. The van der Waals surface area contributed by atoms with Crippen molar-refractivity contribution >= 4 is 5.78 Å². The molecule has 0 amide bonds. The summed E-state index contributed by atoms with van der Waals surface area (Å²) in [5.74, 6) is 1.96. The van der Waals surface area contributed by atoms with Crippen LogP contribution in [-0.2, 0) is 4.79 Å². The van der Waals surface area contributed by atoms with Gasteiger partial charge in [-0.1, -0.05) is 26.7 Å². The lowest BCUT2D eigenvalue weighted by molar-refractivity contribution is -0.125. The van der Waals surface area contributed by atoms with Gasteiger partial charge >= 0.3 is 0 Å². The molecule has 0 aromatic heterocycles. The highest BCUT2D eigenvalue weighted by Crippen LogP contribution is 2.50. The van der Waals surface area contributed by atoms with Crippen molar-refractivity contribution in [2.75, 3.05) is 0 Å². The molecule has 0 aromatic carbocycles. The second-order valence-electron chi connectivity index (χ2n) is 5.00. The summed E-state index contributed by atoms with van der Waals surface area (Å²) in [6.07, 6.45) is 6.17.